The topological polar surface area (TPSA) is 142 Å². The number of nitriles is 1. The lowest BCUT2D eigenvalue weighted by atomic mass is 9.82. The van der Waals surface area contributed by atoms with Gasteiger partial charge in [0.05, 0.1) is 35.4 Å². The molecule has 0 radical (unpaired) electrons. The summed E-state index contributed by atoms with van der Waals surface area (Å²) in [5.74, 6) is 1.49. The van der Waals surface area contributed by atoms with Crippen LogP contribution in [0, 0.1) is 16.7 Å². The summed E-state index contributed by atoms with van der Waals surface area (Å²) in [6.07, 6.45) is 6.85. The van der Waals surface area contributed by atoms with Gasteiger partial charge >= 0.3 is 6.09 Å². The second-order valence-electron chi connectivity index (χ2n) is 12.5. The molecule has 1 amide bonds. The number of aromatic nitrogens is 2. The molecule has 0 spiro atoms. The van der Waals surface area contributed by atoms with Crippen LogP contribution in [0.4, 0.5) is 16.4 Å². The Morgan fingerprint density at radius 1 is 1.11 bits per heavy atom. The van der Waals surface area contributed by atoms with Crippen molar-refractivity contribution in [2.24, 2.45) is 5.41 Å². The Bertz CT molecular complexity index is 1250. The average molecular weight is 628 g/mol. The van der Waals surface area contributed by atoms with E-state index in [0.29, 0.717) is 75.3 Å². The first-order valence-electron chi connectivity index (χ1n) is 15.6. The first kappa shape index (κ1) is 33.7. The molecule has 0 unspecified atom stereocenters. The van der Waals surface area contributed by atoms with Crippen molar-refractivity contribution in [3.05, 3.63) is 35.5 Å². The van der Waals surface area contributed by atoms with Gasteiger partial charge in [0.1, 0.15) is 17.2 Å². The van der Waals surface area contributed by atoms with E-state index in [1.165, 1.54) is 0 Å². The van der Waals surface area contributed by atoms with E-state index >= 15 is 0 Å². The van der Waals surface area contributed by atoms with Crippen LogP contribution in [0.3, 0.4) is 0 Å². The number of ether oxygens (including phenoxy) is 3. The molecule has 2 fully saturated rings. The van der Waals surface area contributed by atoms with Crippen LogP contribution in [0.5, 0.6) is 0 Å². The second kappa shape index (κ2) is 16.2. The lowest BCUT2D eigenvalue weighted by molar-refractivity contribution is 0.0455. The fraction of sp³-hybridized carbons (Fsp3) is 0.625. The largest absolute Gasteiger partial charge is 0.444 e. The summed E-state index contributed by atoms with van der Waals surface area (Å²) in [5, 5.41) is 23.5. The molecule has 4 rings (SSSR count). The number of nitrogens with zero attached hydrogens (tertiary/aromatic N) is 3. The minimum atomic E-state index is -0.505. The summed E-state index contributed by atoms with van der Waals surface area (Å²) < 4.78 is 16.3. The molecule has 44 heavy (non-hydrogen) atoms. The summed E-state index contributed by atoms with van der Waals surface area (Å²) in [7, 11) is 0. The number of hydrogen-bond acceptors (Lipinski definition) is 10. The number of nitrogens with one attached hydrogen (secondary N) is 4. The van der Waals surface area contributed by atoms with E-state index in [4.69, 9.17) is 30.8 Å². The molecule has 4 N–H and O–H groups in total. The molecule has 1 aliphatic heterocycles. The summed E-state index contributed by atoms with van der Waals surface area (Å²) >= 11 is 6.56. The molecular weight excluding hydrogens is 582 g/mol. The first-order valence-corrected chi connectivity index (χ1v) is 15.9. The maximum Gasteiger partial charge on any atom is 0.407 e. The molecular formula is C32H46ClN7O4. The second-order valence-corrected chi connectivity index (χ2v) is 12.9. The summed E-state index contributed by atoms with van der Waals surface area (Å²) in [4.78, 5) is 21.0. The zero-order chi connectivity index (χ0) is 31.4. The van der Waals surface area contributed by atoms with Crippen LogP contribution in [0.15, 0.2) is 30.5 Å². The van der Waals surface area contributed by atoms with E-state index in [-0.39, 0.29) is 0 Å². The molecule has 1 saturated heterocycles. The van der Waals surface area contributed by atoms with Crippen LogP contribution < -0.4 is 21.3 Å². The van der Waals surface area contributed by atoms with Crippen LogP contribution >= 0.6 is 11.6 Å². The van der Waals surface area contributed by atoms with Crippen LogP contribution in [0.2, 0.25) is 5.02 Å². The monoisotopic (exact) mass is 627 g/mol. The molecule has 2 aliphatic rings. The Hall–Kier alpha value is -3.17. The van der Waals surface area contributed by atoms with E-state index in [1.807, 2.05) is 45.0 Å². The van der Waals surface area contributed by atoms with Gasteiger partial charge in [-0.1, -0.05) is 17.7 Å². The van der Waals surface area contributed by atoms with Crippen molar-refractivity contribution in [3.8, 4) is 17.3 Å². The summed E-state index contributed by atoms with van der Waals surface area (Å²) in [6.45, 7) is 9.47. The number of anilines is 2. The van der Waals surface area contributed by atoms with E-state index in [1.54, 1.807) is 6.20 Å². The van der Waals surface area contributed by atoms with E-state index < -0.39 is 17.1 Å². The fourth-order valence-corrected chi connectivity index (χ4v) is 5.57. The summed E-state index contributed by atoms with van der Waals surface area (Å²) in [6, 6.07) is 11.0. The smallest absolute Gasteiger partial charge is 0.407 e. The quantitative estimate of drug-likeness (QED) is 0.214. The molecule has 2 aromatic rings. The zero-order valence-electron chi connectivity index (χ0n) is 26.1. The molecule has 1 aliphatic carbocycles. The Labute approximate surface area is 265 Å². The maximum absolute atomic E-state index is 11.7. The molecule has 0 atom stereocenters. The predicted molar refractivity (Wildman–Crippen MR) is 172 cm³/mol. The number of rotatable bonds is 13. The lowest BCUT2D eigenvalue weighted by Crippen LogP contribution is -2.38. The number of halogens is 1. The number of carbonyl (C=O) groups excluding carboxylic acids is 1. The van der Waals surface area contributed by atoms with Crippen LogP contribution in [-0.2, 0) is 14.2 Å². The third kappa shape index (κ3) is 10.8. The fourth-order valence-electron chi connectivity index (χ4n) is 5.37. The Morgan fingerprint density at radius 3 is 2.57 bits per heavy atom. The standard InChI is InChI=1S/C32H46ClN7O4/c1-31(2,3)44-30(41)36-14-18-43-17-13-35-23-7-9-24(10-8-23)39-29-19-25(26(33)20-37-29)27-5-4-6-28(40-27)38-22-32(21-34)11-15-42-16-12-32/h4-6,19-20,23-24,35H,7-18,22H2,1-3H3,(H,36,41)(H,37,39)(H,38,40). The van der Waals surface area contributed by atoms with Gasteiger partial charge in [0.2, 0.25) is 0 Å². The van der Waals surface area contributed by atoms with Gasteiger partial charge in [-0.3, -0.25) is 0 Å². The van der Waals surface area contributed by atoms with Crippen molar-refractivity contribution in [1.82, 2.24) is 20.6 Å². The molecule has 0 bridgehead atoms. The van der Waals surface area contributed by atoms with E-state index in [9.17, 15) is 10.1 Å². The highest BCUT2D eigenvalue weighted by molar-refractivity contribution is 6.33. The third-order valence-corrected chi connectivity index (χ3v) is 8.15. The van der Waals surface area contributed by atoms with Gasteiger partial charge in [0.25, 0.3) is 0 Å². The third-order valence-electron chi connectivity index (χ3n) is 7.85. The van der Waals surface area contributed by atoms with Gasteiger partial charge in [-0.05, 0) is 77.5 Å². The van der Waals surface area contributed by atoms with Crippen molar-refractivity contribution in [3.63, 3.8) is 0 Å². The van der Waals surface area contributed by atoms with E-state index in [2.05, 4.69) is 32.3 Å². The highest BCUT2D eigenvalue weighted by Crippen LogP contribution is 2.32. The maximum atomic E-state index is 11.7. The van der Waals surface area contributed by atoms with Crippen molar-refractivity contribution in [2.45, 2.75) is 77.0 Å². The molecule has 12 heteroatoms. The van der Waals surface area contributed by atoms with Crippen LogP contribution in [0.25, 0.3) is 11.3 Å². The van der Waals surface area contributed by atoms with Gasteiger partial charge in [-0.25, -0.2) is 14.8 Å². The zero-order valence-corrected chi connectivity index (χ0v) is 26.8. The Morgan fingerprint density at radius 2 is 1.84 bits per heavy atom. The first-order chi connectivity index (χ1) is 21.1. The number of hydrogen-bond donors (Lipinski definition) is 4. The van der Waals surface area contributed by atoms with Crippen molar-refractivity contribution < 1.29 is 19.0 Å². The average Bonchev–Trinajstić information content (AvgIpc) is 3.01. The van der Waals surface area contributed by atoms with Gasteiger partial charge in [-0.2, -0.15) is 5.26 Å². The highest BCUT2D eigenvalue weighted by Gasteiger charge is 2.32. The number of carbonyl (C=O) groups is 1. The van der Waals surface area contributed by atoms with Crippen LogP contribution in [0.1, 0.15) is 59.3 Å². The minimum Gasteiger partial charge on any atom is -0.444 e. The van der Waals surface area contributed by atoms with Gasteiger partial charge < -0.3 is 35.5 Å². The highest BCUT2D eigenvalue weighted by atomic mass is 35.5. The van der Waals surface area contributed by atoms with Crippen molar-refractivity contribution in [2.75, 3.05) is 56.7 Å². The van der Waals surface area contributed by atoms with Gasteiger partial charge in [0.15, 0.2) is 0 Å². The van der Waals surface area contributed by atoms with E-state index in [0.717, 1.165) is 49.3 Å². The molecule has 2 aromatic heterocycles. The summed E-state index contributed by atoms with van der Waals surface area (Å²) in [5.41, 5.74) is 0.616. The van der Waals surface area contributed by atoms with Gasteiger partial charge in [-0.15, -0.1) is 0 Å². The SMILES string of the molecule is CC(C)(C)OC(=O)NCCOCCNC1CCC(Nc2cc(-c3cccc(NCC4(C#N)CCOCC4)n3)c(Cl)cn2)CC1. The van der Waals surface area contributed by atoms with Crippen LogP contribution in [-0.4, -0.2) is 79.8 Å². The molecule has 0 aromatic carbocycles. The Kier molecular flexibility index (Phi) is 12.4. The number of amides is 1. The molecule has 11 nitrogen and oxygen atoms in total. The number of alkyl carbamates (subject to hydrolysis) is 1. The lowest BCUT2D eigenvalue weighted by Gasteiger charge is -2.30. The van der Waals surface area contributed by atoms with Crippen molar-refractivity contribution in [1.29, 1.82) is 5.26 Å². The van der Waals surface area contributed by atoms with Gasteiger partial charge in [0, 0.05) is 56.7 Å². The molecule has 3 heterocycles. The minimum absolute atomic E-state index is 0.326. The number of pyridine rings is 2. The normalized spacial score (nSPS) is 19.9. The predicted octanol–water partition coefficient (Wildman–Crippen LogP) is 5.38. The molecule has 240 valence electrons. The Balaban J connectivity index is 1.18. The van der Waals surface area contributed by atoms with Crippen molar-refractivity contribution >= 4 is 29.3 Å². The molecule has 1 saturated carbocycles.